The van der Waals surface area contributed by atoms with E-state index in [0.29, 0.717) is 12.0 Å². The number of nitrogens with zero attached hydrogens (tertiary/aromatic N) is 2. The molecule has 0 aromatic carbocycles. The van der Waals surface area contributed by atoms with Gasteiger partial charge in [-0.15, -0.1) is 11.3 Å². The van der Waals surface area contributed by atoms with Crippen molar-refractivity contribution in [2.45, 2.75) is 38.6 Å². The summed E-state index contributed by atoms with van der Waals surface area (Å²) in [5.74, 6) is 0.679. The van der Waals surface area contributed by atoms with E-state index in [-0.39, 0.29) is 0 Å². The minimum Gasteiger partial charge on any atom is -0.317 e. The van der Waals surface area contributed by atoms with Crippen LogP contribution in [0.5, 0.6) is 0 Å². The number of hydrogen-bond acceptors (Lipinski definition) is 4. The van der Waals surface area contributed by atoms with Gasteiger partial charge in [0.2, 0.25) is 0 Å². The van der Waals surface area contributed by atoms with Crippen LogP contribution in [0.1, 0.15) is 36.1 Å². The molecule has 2 heterocycles. The summed E-state index contributed by atoms with van der Waals surface area (Å²) in [7, 11) is 2.02. The zero-order valence-electron chi connectivity index (χ0n) is 11.1. The SMILES string of the molecule is CCN1CCC(c2ncc(CC(C)NC)s2)C1. The van der Waals surface area contributed by atoms with Crippen LogP contribution in [-0.4, -0.2) is 42.6 Å². The van der Waals surface area contributed by atoms with E-state index in [1.807, 2.05) is 18.4 Å². The van der Waals surface area contributed by atoms with E-state index in [9.17, 15) is 0 Å². The predicted octanol–water partition coefficient (Wildman–Crippen LogP) is 2.10. The number of nitrogens with one attached hydrogen (secondary N) is 1. The maximum atomic E-state index is 4.62. The summed E-state index contributed by atoms with van der Waals surface area (Å²) in [4.78, 5) is 8.55. The standard InChI is InChI=1S/C13H23N3S/c1-4-16-6-5-11(9-16)13-15-8-12(17-13)7-10(2)14-3/h8,10-11,14H,4-7,9H2,1-3H3. The molecule has 2 rings (SSSR count). The topological polar surface area (TPSA) is 28.2 Å². The molecule has 17 heavy (non-hydrogen) atoms. The molecule has 1 aromatic rings. The van der Waals surface area contributed by atoms with Crippen molar-refractivity contribution in [3.05, 3.63) is 16.1 Å². The van der Waals surface area contributed by atoms with Gasteiger partial charge in [0.05, 0.1) is 5.01 Å². The molecule has 2 unspecified atom stereocenters. The van der Waals surface area contributed by atoms with Gasteiger partial charge < -0.3 is 10.2 Å². The minimum absolute atomic E-state index is 0.541. The van der Waals surface area contributed by atoms with Crippen molar-refractivity contribution in [1.82, 2.24) is 15.2 Å². The fourth-order valence-electron chi connectivity index (χ4n) is 2.33. The third-order valence-electron chi connectivity index (χ3n) is 3.64. The van der Waals surface area contributed by atoms with Crippen molar-refractivity contribution < 1.29 is 0 Å². The number of likely N-dealkylation sites (tertiary alicyclic amines) is 1. The van der Waals surface area contributed by atoms with Gasteiger partial charge in [0.25, 0.3) is 0 Å². The molecule has 0 amide bonds. The van der Waals surface area contributed by atoms with E-state index in [2.05, 4.69) is 35.2 Å². The van der Waals surface area contributed by atoms with Gasteiger partial charge in [-0.1, -0.05) is 6.92 Å². The van der Waals surface area contributed by atoms with Crippen LogP contribution in [0.25, 0.3) is 0 Å². The Balaban J connectivity index is 1.94. The Kier molecular flexibility index (Phi) is 4.54. The second-order valence-corrected chi connectivity index (χ2v) is 6.08. The molecule has 1 aromatic heterocycles. The van der Waals surface area contributed by atoms with Crippen molar-refractivity contribution in [3.63, 3.8) is 0 Å². The third-order valence-corrected chi connectivity index (χ3v) is 4.82. The third kappa shape index (κ3) is 3.27. The molecule has 1 fully saturated rings. The summed E-state index contributed by atoms with van der Waals surface area (Å²) >= 11 is 1.91. The molecule has 0 saturated carbocycles. The van der Waals surface area contributed by atoms with Crippen LogP contribution < -0.4 is 5.32 Å². The summed E-state index contributed by atoms with van der Waals surface area (Å²) in [5, 5.41) is 4.63. The highest BCUT2D eigenvalue weighted by atomic mass is 32.1. The van der Waals surface area contributed by atoms with Crippen molar-refractivity contribution in [2.24, 2.45) is 0 Å². The molecular formula is C13H23N3S. The first kappa shape index (κ1) is 13.0. The lowest BCUT2D eigenvalue weighted by Gasteiger charge is -2.11. The molecule has 1 aliphatic rings. The number of aromatic nitrogens is 1. The van der Waals surface area contributed by atoms with Gasteiger partial charge in [-0.3, -0.25) is 0 Å². The van der Waals surface area contributed by atoms with Crippen molar-refractivity contribution in [1.29, 1.82) is 0 Å². The Bertz CT molecular complexity index is 350. The van der Waals surface area contributed by atoms with Crippen molar-refractivity contribution >= 4 is 11.3 Å². The van der Waals surface area contributed by atoms with Crippen LogP contribution >= 0.6 is 11.3 Å². The fraction of sp³-hybridized carbons (Fsp3) is 0.769. The van der Waals surface area contributed by atoms with E-state index in [4.69, 9.17) is 0 Å². The zero-order chi connectivity index (χ0) is 12.3. The highest BCUT2D eigenvalue weighted by Crippen LogP contribution is 2.30. The molecule has 1 saturated heterocycles. The van der Waals surface area contributed by atoms with E-state index < -0.39 is 0 Å². The Morgan fingerprint density at radius 3 is 3.12 bits per heavy atom. The van der Waals surface area contributed by atoms with Crippen molar-refractivity contribution in [2.75, 3.05) is 26.7 Å². The molecule has 2 atom stereocenters. The Morgan fingerprint density at radius 1 is 1.65 bits per heavy atom. The van der Waals surface area contributed by atoms with Crippen LogP contribution in [0, 0.1) is 0 Å². The Hall–Kier alpha value is -0.450. The van der Waals surface area contributed by atoms with Gasteiger partial charge in [0.15, 0.2) is 0 Å². The molecule has 0 radical (unpaired) electrons. The van der Waals surface area contributed by atoms with E-state index in [1.54, 1.807) is 0 Å². The molecule has 96 valence electrons. The molecule has 1 aliphatic heterocycles. The van der Waals surface area contributed by atoms with Crippen LogP contribution in [0.2, 0.25) is 0 Å². The Labute approximate surface area is 108 Å². The van der Waals surface area contributed by atoms with Gasteiger partial charge in [-0.25, -0.2) is 4.98 Å². The first-order chi connectivity index (χ1) is 8.22. The smallest absolute Gasteiger partial charge is 0.0971 e. The summed E-state index contributed by atoms with van der Waals surface area (Å²) < 4.78 is 0. The molecule has 1 N–H and O–H groups in total. The van der Waals surface area contributed by atoms with Crippen LogP contribution in [-0.2, 0) is 6.42 Å². The molecule has 0 spiro atoms. The molecule has 4 heteroatoms. The second-order valence-electron chi connectivity index (χ2n) is 4.94. The summed E-state index contributed by atoms with van der Waals surface area (Å²) in [6.07, 6.45) is 4.45. The molecular weight excluding hydrogens is 230 g/mol. The van der Waals surface area contributed by atoms with Crippen molar-refractivity contribution in [3.8, 4) is 0 Å². The second kappa shape index (κ2) is 5.94. The van der Waals surface area contributed by atoms with E-state index >= 15 is 0 Å². The number of thiazole rings is 1. The Morgan fingerprint density at radius 2 is 2.47 bits per heavy atom. The molecule has 3 nitrogen and oxygen atoms in total. The lowest BCUT2D eigenvalue weighted by atomic mass is 10.1. The average Bonchev–Trinajstić information content (AvgIpc) is 2.96. The van der Waals surface area contributed by atoms with Crippen LogP contribution in [0.3, 0.4) is 0 Å². The van der Waals surface area contributed by atoms with Crippen LogP contribution in [0.4, 0.5) is 0 Å². The first-order valence-corrected chi connectivity index (χ1v) is 7.38. The van der Waals surface area contributed by atoms with E-state index in [0.717, 1.165) is 6.42 Å². The zero-order valence-corrected chi connectivity index (χ0v) is 11.9. The lowest BCUT2D eigenvalue weighted by Crippen LogP contribution is -2.22. The number of likely N-dealkylation sites (N-methyl/N-ethyl adjacent to an activating group) is 2. The van der Waals surface area contributed by atoms with Gasteiger partial charge in [-0.2, -0.15) is 0 Å². The maximum absolute atomic E-state index is 4.62. The fourth-order valence-corrected chi connectivity index (χ4v) is 3.50. The summed E-state index contributed by atoms with van der Waals surface area (Å²) in [6, 6.07) is 0.541. The summed E-state index contributed by atoms with van der Waals surface area (Å²) in [6.45, 7) is 8.07. The van der Waals surface area contributed by atoms with Gasteiger partial charge in [0.1, 0.15) is 0 Å². The first-order valence-electron chi connectivity index (χ1n) is 6.57. The van der Waals surface area contributed by atoms with Gasteiger partial charge >= 0.3 is 0 Å². The maximum Gasteiger partial charge on any atom is 0.0971 e. The molecule has 0 bridgehead atoms. The highest BCUT2D eigenvalue weighted by molar-refractivity contribution is 7.11. The average molecular weight is 253 g/mol. The predicted molar refractivity (Wildman–Crippen MR) is 73.8 cm³/mol. The van der Waals surface area contributed by atoms with Gasteiger partial charge in [-0.05, 0) is 39.9 Å². The quantitative estimate of drug-likeness (QED) is 0.871. The van der Waals surface area contributed by atoms with E-state index in [1.165, 1.54) is 35.9 Å². The van der Waals surface area contributed by atoms with Gasteiger partial charge in [0, 0.05) is 29.6 Å². The summed E-state index contributed by atoms with van der Waals surface area (Å²) in [5.41, 5.74) is 0. The highest BCUT2D eigenvalue weighted by Gasteiger charge is 2.25. The lowest BCUT2D eigenvalue weighted by molar-refractivity contribution is 0.354. The number of hydrogen-bond donors (Lipinski definition) is 1. The monoisotopic (exact) mass is 253 g/mol. The van der Waals surface area contributed by atoms with Crippen LogP contribution in [0.15, 0.2) is 6.20 Å². The minimum atomic E-state index is 0.541. The largest absolute Gasteiger partial charge is 0.317 e. The molecule has 0 aliphatic carbocycles. The number of rotatable bonds is 5. The normalized spacial score (nSPS) is 23.1.